The topological polar surface area (TPSA) is 55.8 Å². The van der Waals surface area contributed by atoms with Crippen molar-refractivity contribution in [1.82, 2.24) is 4.90 Å². The molecule has 1 aliphatic rings. The third-order valence-electron chi connectivity index (χ3n) is 3.28. The van der Waals surface area contributed by atoms with Crippen LogP contribution in [0, 0.1) is 0 Å². The van der Waals surface area contributed by atoms with Crippen LogP contribution in [-0.2, 0) is 14.3 Å². The van der Waals surface area contributed by atoms with Crippen LogP contribution in [0.2, 0.25) is 0 Å². The van der Waals surface area contributed by atoms with Gasteiger partial charge in [-0.05, 0) is 33.1 Å². The third kappa shape index (κ3) is 5.30. The molecule has 1 aliphatic heterocycles. The van der Waals surface area contributed by atoms with Crippen molar-refractivity contribution in [2.45, 2.75) is 51.7 Å². The lowest BCUT2D eigenvalue weighted by Gasteiger charge is -2.34. The zero-order valence-electron chi connectivity index (χ0n) is 11.8. The number of ether oxygens (including phenoxy) is 2. The molecule has 0 aliphatic carbocycles. The fraction of sp³-hybridized carbons (Fsp3) is 0.846. The number of amides is 1. The molecule has 0 aromatic carbocycles. The SMILES string of the molecule is CCC(C)(C)OC(=O)N1CCCC(OC(=O)CS)C1. The number of piperidine rings is 1. The Morgan fingerprint density at radius 2 is 2.11 bits per heavy atom. The molecule has 0 aromatic rings. The first-order chi connectivity index (χ1) is 8.88. The summed E-state index contributed by atoms with van der Waals surface area (Å²) in [4.78, 5) is 24.8. The normalized spacial score (nSPS) is 20.0. The Balaban J connectivity index is 2.50. The molecule has 0 spiro atoms. The van der Waals surface area contributed by atoms with E-state index in [4.69, 9.17) is 9.47 Å². The van der Waals surface area contributed by atoms with Crippen molar-refractivity contribution >= 4 is 24.7 Å². The van der Waals surface area contributed by atoms with Gasteiger partial charge in [-0.3, -0.25) is 4.79 Å². The second-order valence-corrected chi connectivity index (χ2v) is 5.66. The zero-order chi connectivity index (χ0) is 14.5. The van der Waals surface area contributed by atoms with Gasteiger partial charge in [-0.25, -0.2) is 4.79 Å². The monoisotopic (exact) mass is 289 g/mol. The summed E-state index contributed by atoms with van der Waals surface area (Å²) in [5, 5.41) is 0. The van der Waals surface area contributed by atoms with E-state index in [0.717, 1.165) is 19.3 Å². The fourth-order valence-electron chi connectivity index (χ4n) is 1.80. The molecular formula is C13H23NO4S. The number of hydrogen-bond acceptors (Lipinski definition) is 5. The first kappa shape index (κ1) is 16.1. The smallest absolute Gasteiger partial charge is 0.410 e. The number of esters is 1. The second kappa shape index (κ2) is 7.03. The Hall–Kier alpha value is -0.910. The Morgan fingerprint density at radius 3 is 2.68 bits per heavy atom. The molecule has 0 bridgehead atoms. The van der Waals surface area contributed by atoms with Gasteiger partial charge in [0, 0.05) is 6.54 Å². The van der Waals surface area contributed by atoms with Crippen LogP contribution in [0.4, 0.5) is 4.79 Å². The van der Waals surface area contributed by atoms with E-state index in [1.807, 2.05) is 20.8 Å². The molecule has 1 unspecified atom stereocenters. The fourth-order valence-corrected chi connectivity index (χ4v) is 1.87. The molecule has 0 N–H and O–H groups in total. The highest BCUT2D eigenvalue weighted by Gasteiger charge is 2.30. The number of hydrogen-bond donors (Lipinski definition) is 1. The molecule has 110 valence electrons. The minimum absolute atomic E-state index is 0.0593. The Bertz CT molecular complexity index is 333. The first-order valence-electron chi connectivity index (χ1n) is 6.66. The van der Waals surface area contributed by atoms with E-state index in [2.05, 4.69) is 12.6 Å². The van der Waals surface area contributed by atoms with Crippen LogP contribution in [0.25, 0.3) is 0 Å². The van der Waals surface area contributed by atoms with E-state index >= 15 is 0 Å². The van der Waals surface area contributed by atoms with Crippen LogP contribution in [0.5, 0.6) is 0 Å². The van der Waals surface area contributed by atoms with Crippen LogP contribution < -0.4 is 0 Å². The Morgan fingerprint density at radius 1 is 1.42 bits per heavy atom. The Kier molecular flexibility index (Phi) is 5.97. The van der Waals surface area contributed by atoms with Crippen molar-refractivity contribution in [2.24, 2.45) is 0 Å². The maximum absolute atomic E-state index is 12.0. The van der Waals surface area contributed by atoms with Crippen molar-refractivity contribution in [3.05, 3.63) is 0 Å². The van der Waals surface area contributed by atoms with Gasteiger partial charge in [-0.15, -0.1) is 0 Å². The molecule has 6 heteroatoms. The summed E-state index contributed by atoms with van der Waals surface area (Å²) in [6.45, 7) is 6.78. The van der Waals surface area contributed by atoms with Crippen LogP contribution in [0.15, 0.2) is 0 Å². The highest BCUT2D eigenvalue weighted by Crippen LogP contribution is 2.19. The molecule has 1 amide bonds. The van der Waals surface area contributed by atoms with Crippen molar-refractivity contribution in [3.8, 4) is 0 Å². The summed E-state index contributed by atoms with van der Waals surface area (Å²) in [5.41, 5.74) is -0.466. The number of likely N-dealkylation sites (tertiary alicyclic amines) is 1. The summed E-state index contributed by atoms with van der Waals surface area (Å²) in [6.07, 6.45) is 1.77. The molecule has 19 heavy (non-hydrogen) atoms. The quantitative estimate of drug-likeness (QED) is 0.637. The van der Waals surface area contributed by atoms with E-state index in [-0.39, 0.29) is 23.9 Å². The average Bonchev–Trinajstić information content (AvgIpc) is 2.38. The minimum atomic E-state index is -0.466. The van der Waals surface area contributed by atoms with Gasteiger partial charge < -0.3 is 14.4 Å². The number of nitrogens with zero attached hydrogens (tertiary/aromatic N) is 1. The molecule has 1 saturated heterocycles. The number of carbonyl (C=O) groups excluding carboxylic acids is 2. The van der Waals surface area contributed by atoms with Gasteiger partial charge in [-0.2, -0.15) is 12.6 Å². The second-order valence-electron chi connectivity index (χ2n) is 5.34. The van der Waals surface area contributed by atoms with Crippen molar-refractivity contribution < 1.29 is 19.1 Å². The Labute approximate surface area is 120 Å². The molecule has 1 heterocycles. The first-order valence-corrected chi connectivity index (χ1v) is 7.29. The maximum Gasteiger partial charge on any atom is 0.410 e. The lowest BCUT2D eigenvalue weighted by molar-refractivity contribution is -0.148. The standard InChI is InChI=1S/C13H23NO4S/c1-4-13(2,3)18-12(16)14-7-5-6-10(8-14)17-11(15)9-19/h10,19H,4-9H2,1-3H3. The van der Waals surface area contributed by atoms with Gasteiger partial charge in [0.25, 0.3) is 0 Å². The zero-order valence-corrected chi connectivity index (χ0v) is 12.7. The third-order valence-corrected chi connectivity index (χ3v) is 3.54. The number of carbonyl (C=O) groups is 2. The summed E-state index contributed by atoms with van der Waals surface area (Å²) < 4.78 is 10.7. The van der Waals surface area contributed by atoms with Crippen LogP contribution in [-0.4, -0.2) is 47.5 Å². The van der Waals surface area contributed by atoms with Gasteiger partial charge in [-0.1, -0.05) is 6.92 Å². The summed E-state index contributed by atoms with van der Waals surface area (Å²) in [5.74, 6) is -0.290. The number of thiol groups is 1. The van der Waals surface area contributed by atoms with Crippen LogP contribution in [0.1, 0.15) is 40.0 Å². The molecular weight excluding hydrogens is 266 g/mol. The summed E-state index contributed by atoms with van der Waals surface area (Å²) in [7, 11) is 0. The summed E-state index contributed by atoms with van der Waals surface area (Å²) >= 11 is 3.87. The molecule has 1 fully saturated rings. The highest BCUT2D eigenvalue weighted by molar-refractivity contribution is 7.81. The maximum atomic E-state index is 12.0. The van der Waals surface area contributed by atoms with Gasteiger partial charge in [0.15, 0.2) is 0 Å². The predicted molar refractivity (Wildman–Crippen MR) is 75.4 cm³/mol. The van der Waals surface area contributed by atoms with Gasteiger partial charge in [0.05, 0.1) is 12.3 Å². The van der Waals surface area contributed by atoms with Crippen molar-refractivity contribution in [1.29, 1.82) is 0 Å². The van der Waals surface area contributed by atoms with Gasteiger partial charge >= 0.3 is 12.1 Å². The van der Waals surface area contributed by atoms with E-state index in [0.29, 0.717) is 13.1 Å². The van der Waals surface area contributed by atoms with Gasteiger partial charge in [0.1, 0.15) is 11.7 Å². The van der Waals surface area contributed by atoms with E-state index in [9.17, 15) is 9.59 Å². The van der Waals surface area contributed by atoms with Crippen molar-refractivity contribution in [3.63, 3.8) is 0 Å². The molecule has 0 aromatic heterocycles. The largest absolute Gasteiger partial charge is 0.460 e. The summed E-state index contributed by atoms with van der Waals surface area (Å²) in [6, 6.07) is 0. The molecule has 0 saturated carbocycles. The number of rotatable bonds is 4. The molecule has 0 radical (unpaired) electrons. The average molecular weight is 289 g/mol. The minimum Gasteiger partial charge on any atom is -0.460 e. The lowest BCUT2D eigenvalue weighted by Crippen LogP contribution is -2.46. The van der Waals surface area contributed by atoms with Gasteiger partial charge in [0.2, 0.25) is 0 Å². The molecule has 5 nitrogen and oxygen atoms in total. The predicted octanol–water partition coefficient (Wildman–Crippen LogP) is 2.25. The van der Waals surface area contributed by atoms with E-state index < -0.39 is 5.60 Å². The van der Waals surface area contributed by atoms with E-state index in [1.165, 1.54) is 0 Å². The molecule has 1 rings (SSSR count). The van der Waals surface area contributed by atoms with Crippen LogP contribution >= 0.6 is 12.6 Å². The van der Waals surface area contributed by atoms with E-state index in [1.54, 1.807) is 4.90 Å². The van der Waals surface area contributed by atoms with Crippen LogP contribution in [0.3, 0.4) is 0 Å². The lowest BCUT2D eigenvalue weighted by atomic mass is 10.1. The highest BCUT2D eigenvalue weighted by atomic mass is 32.1. The van der Waals surface area contributed by atoms with Crippen molar-refractivity contribution in [2.75, 3.05) is 18.8 Å². The molecule has 1 atom stereocenters.